The van der Waals surface area contributed by atoms with Crippen molar-refractivity contribution in [2.24, 2.45) is 0 Å². The molecule has 0 fully saturated rings. The minimum absolute atomic E-state index is 0.0826. The summed E-state index contributed by atoms with van der Waals surface area (Å²) in [5, 5.41) is 12.0. The SMILES string of the molecule is CNc1ccc2c(c1)C(NC)(NC)C(=O)N2. The molecular weight excluding hydrogens is 204 g/mol. The van der Waals surface area contributed by atoms with E-state index < -0.39 is 5.66 Å². The number of likely N-dealkylation sites (N-methyl/N-ethyl adjacent to an activating group) is 2. The summed E-state index contributed by atoms with van der Waals surface area (Å²) in [7, 11) is 5.38. The van der Waals surface area contributed by atoms with Gasteiger partial charge in [0, 0.05) is 24.0 Å². The van der Waals surface area contributed by atoms with Crippen molar-refractivity contribution in [2.45, 2.75) is 5.66 Å². The Morgan fingerprint density at radius 3 is 2.44 bits per heavy atom. The van der Waals surface area contributed by atoms with Gasteiger partial charge in [0.25, 0.3) is 5.91 Å². The number of amides is 1. The molecule has 4 N–H and O–H groups in total. The highest BCUT2D eigenvalue weighted by Crippen LogP contribution is 2.35. The fourth-order valence-electron chi connectivity index (χ4n) is 2.08. The van der Waals surface area contributed by atoms with Crippen LogP contribution in [0.15, 0.2) is 18.2 Å². The molecule has 5 heteroatoms. The molecular formula is C11H16N4O. The maximum Gasteiger partial charge on any atom is 0.264 e. The van der Waals surface area contributed by atoms with Gasteiger partial charge in [-0.05, 0) is 32.3 Å². The third kappa shape index (κ3) is 1.29. The molecule has 0 saturated carbocycles. The zero-order chi connectivity index (χ0) is 11.8. The van der Waals surface area contributed by atoms with E-state index in [1.54, 1.807) is 14.1 Å². The number of hydrogen-bond donors (Lipinski definition) is 4. The first-order valence-corrected chi connectivity index (χ1v) is 5.19. The number of anilines is 2. The van der Waals surface area contributed by atoms with Crippen LogP contribution in [0.25, 0.3) is 0 Å². The van der Waals surface area contributed by atoms with Gasteiger partial charge < -0.3 is 10.6 Å². The van der Waals surface area contributed by atoms with Crippen LogP contribution in [0.5, 0.6) is 0 Å². The van der Waals surface area contributed by atoms with Crippen LogP contribution < -0.4 is 21.3 Å². The zero-order valence-electron chi connectivity index (χ0n) is 9.64. The Bertz CT molecular complexity index is 426. The largest absolute Gasteiger partial charge is 0.388 e. The lowest BCUT2D eigenvalue weighted by Gasteiger charge is -2.26. The van der Waals surface area contributed by atoms with E-state index >= 15 is 0 Å². The van der Waals surface area contributed by atoms with E-state index in [0.717, 1.165) is 16.9 Å². The van der Waals surface area contributed by atoms with Gasteiger partial charge in [0.1, 0.15) is 0 Å². The van der Waals surface area contributed by atoms with Gasteiger partial charge in [0.05, 0.1) is 0 Å². The van der Waals surface area contributed by atoms with Gasteiger partial charge in [0.2, 0.25) is 0 Å². The molecule has 0 spiro atoms. The van der Waals surface area contributed by atoms with E-state index in [0.29, 0.717) is 0 Å². The van der Waals surface area contributed by atoms with E-state index in [2.05, 4.69) is 21.3 Å². The zero-order valence-corrected chi connectivity index (χ0v) is 9.64. The van der Waals surface area contributed by atoms with Crippen molar-refractivity contribution in [3.63, 3.8) is 0 Å². The van der Waals surface area contributed by atoms with Crippen LogP contribution in [0.3, 0.4) is 0 Å². The first kappa shape index (κ1) is 10.9. The smallest absolute Gasteiger partial charge is 0.264 e. The molecule has 1 amide bonds. The maximum atomic E-state index is 12.0. The lowest BCUT2D eigenvalue weighted by molar-refractivity contribution is -0.122. The summed E-state index contributed by atoms with van der Waals surface area (Å²) in [4.78, 5) is 12.0. The molecule has 1 aliphatic heterocycles. The molecule has 1 aliphatic rings. The van der Waals surface area contributed by atoms with Gasteiger partial charge in [-0.15, -0.1) is 0 Å². The molecule has 86 valence electrons. The minimum atomic E-state index is -0.831. The molecule has 0 aromatic heterocycles. The Hall–Kier alpha value is -1.59. The lowest BCUT2D eigenvalue weighted by Crippen LogP contribution is -2.55. The molecule has 2 rings (SSSR count). The van der Waals surface area contributed by atoms with Crippen molar-refractivity contribution >= 4 is 17.3 Å². The maximum absolute atomic E-state index is 12.0. The van der Waals surface area contributed by atoms with Gasteiger partial charge in [-0.1, -0.05) is 0 Å². The molecule has 1 aromatic rings. The first-order chi connectivity index (χ1) is 7.67. The second kappa shape index (κ2) is 3.77. The summed E-state index contributed by atoms with van der Waals surface area (Å²) in [6, 6.07) is 5.79. The van der Waals surface area contributed by atoms with Gasteiger partial charge in [-0.25, -0.2) is 0 Å². The average Bonchev–Trinajstić information content (AvgIpc) is 2.60. The van der Waals surface area contributed by atoms with Crippen LogP contribution >= 0.6 is 0 Å². The van der Waals surface area contributed by atoms with Crippen molar-refractivity contribution in [3.8, 4) is 0 Å². The number of hydrogen-bond acceptors (Lipinski definition) is 4. The fraction of sp³-hybridized carbons (Fsp3) is 0.364. The van der Waals surface area contributed by atoms with Crippen molar-refractivity contribution in [2.75, 3.05) is 31.8 Å². The second-order valence-electron chi connectivity index (χ2n) is 3.71. The Morgan fingerprint density at radius 1 is 1.19 bits per heavy atom. The van der Waals surface area contributed by atoms with Crippen molar-refractivity contribution in [1.29, 1.82) is 0 Å². The van der Waals surface area contributed by atoms with E-state index in [1.165, 1.54) is 0 Å². The third-order valence-electron chi connectivity index (χ3n) is 3.05. The average molecular weight is 220 g/mol. The van der Waals surface area contributed by atoms with Crippen LogP contribution in [-0.2, 0) is 10.5 Å². The molecule has 0 atom stereocenters. The Morgan fingerprint density at radius 2 is 1.88 bits per heavy atom. The summed E-state index contributed by atoms with van der Waals surface area (Å²) >= 11 is 0. The molecule has 0 aliphatic carbocycles. The van der Waals surface area contributed by atoms with Crippen LogP contribution in [0.2, 0.25) is 0 Å². The number of fused-ring (bicyclic) bond motifs is 1. The van der Waals surface area contributed by atoms with Crippen molar-refractivity contribution in [1.82, 2.24) is 10.6 Å². The fourth-order valence-corrected chi connectivity index (χ4v) is 2.08. The lowest BCUT2D eigenvalue weighted by atomic mass is 10.0. The van der Waals surface area contributed by atoms with Crippen LogP contribution in [-0.4, -0.2) is 27.1 Å². The quantitative estimate of drug-likeness (QED) is 0.552. The Labute approximate surface area is 94.6 Å². The monoisotopic (exact) mass is 220 g/mol. The highest BCUT2D eigenvalue weighted by molar-refractivity contribution is 6.05. The highest BCUT2D eigenvalue weighted by atomic mass is 16.2. The number of rotatable bonds is 3. The highest BCUT2D eigenvalue weighted by Gasteiger charge is 2.44. The van der Waals surface area contributed by atoms with Crippen LogP contribution in [0.4, 0.5) is 11.4 Å². The second-order valence-corrected chi connectivity index (χ2v) is 3.71. The van der Waals surface area contributed by atoms with E-state index in [-0.39, 0.29) is 5.91 Å². The summed E-state index contributed by atoms with van der Waals surface area (Å²) in [5.74, 6) is -0.0826. The number of carbonyl (C=O) groups is 1. The first-order valence-electron chi connectivity index (χ1n) is 5.19. The molecule has 16 heavy (non-hydrogen) atoms. The van der Waals surface area contributed by atoms with E-state index in [9.17, 15) is 4.79 Å². The standard InChI is InChI=1S/C11H16N4O/c1-12-7-4-5-9-8(6-7)11(13-2,14-3)10(16)15-9/h4-6,12-14H,1-3H3,(H,15,16). The molecule has 1 heterocycles. The van der Waals surface area contributed by atoms with Crippen LogP contribution in [0, 0.1) is 0 Å². The summed E-state index contributed by atoms with van der Waals surface area (Å²) in [6.45, 7) is 0. The number of carbonyl (C=O) groups excluding carboxylic acids is 1. The van der Waals surface area contributed by atoms with Gasteiger partial charge in [0.15, 0.2) is 5.66 Å². The predicted molar refractivity (Wildman–Crippen MR) is 64.4 cm³/mol. The van der Waals surface area contributed by atoms with Gasteiger partial charge >= 0.3 is 0 Å². The summed E-state index contributed by atoms with van der Waals surface area (Å²) in [5.41, 5.74) is 1.90. The normalized spacial score (nSPS) is 16.8. The van der Waals surface area contributed by atoms with E-state index in [4.69, 9.17) is 0 Å². The van der Waals surface area contributed by atoms with E-state index in [1.807, 2.05) is 25.2 Å². The Kier molecular flexibility index (Phi) is 2.57. The number of benzene rings is 1. The molecule has 1 aromatic carbocycles. The third-order valence-corrected chi connectivity index (χ3v) is 3.05. The van der Waals surface area contributed by atoms with Crippen LogP contribution in [0.1, 0.15) is 5.56 Å². The molecule has 5 nitrogen and oxygen atoms in total. The molecule has 0 radical (unpaired) electrons. The molecule has 0 bridgehead atoms. The van der Waals surface area contributed by atoms with Gasteiger partial charge in [-0.3, -0.25) is 15.4 Å². The summed E-state index contributed by atoms with van der Waals surface area (Å²) in [6.07, 6.45) is 0. The number of nitrogens with one attached hydrogen (secondary N) is 4. The summed E-state index contributed by atoms with van der Waals surface area (Å²) < 4.78 is 0. The topological polar surface area (TPSA) is 65.2 Å². The van der Waals surface area contributed by atoms with Crippen molar-refractivity contribution < 1.29 is 4.79 Å². The molecule has 0 unspecified atom stereocenters. The predicted octanol–water partition coefficient (Wildman–Crippen LogP) is 0.272. The van der Waals surface area contributed by atoms with Gasteiger partial charge in [-0.2, -0.15) is 0 Å². The van der Waals surface area contributed by atoms with Crippen molar-refractivity contribution in [3.05, 3.63) is 23.8 Å². The Balaban J connectivity index is 2.57. The minimum Gasteiger partial charge on any atom is -0.388 e. The molecule has 0 saturated heterocycles.